The molecule has 114 valence electrons. The zero-order valence-electron chi connectivity index (χ0n) is 13.1. The second kappa shape index (κ2) is 5.34. The Bertz CT molecular complexity index is 553. The summed E-state index contributed by atoms with van der Waals surface area (Å²) < 4.78 is 5.91. The summed E-state index contributed by atoms with van der Waals surface area (Å²) in [7, 11) is 0. The summed E-state index contributed by atoms with van der Waals surface area (Å²) in [5.41, 5.74) is 8.38. The first-order chi connectivity index (χ1) is 9.98. The molecule has 1 aliphatic carbocycles. The van der Waals surface area contributed by atoms with Gasteiger partial charge in [0, 0.05) is 23.6 Å². The number of nitrogens with one attached hydrogen (secondary N) is 1. The molecule has 2 fully saturated rings. The highest BCUT2D eigenvalue weighted by molar-refractivity contribution is 5.92. The molecule has 1 aromatic rings. The molecule has 1 heterocycles. The van der Waals surface area contributed by atoms with Crippen LogP contribution >= 0.6 is 0 Å². The summed E-state index contributed by atoms with van der Waals surface area (Å²) >= 11 is 0. The standard InChI is InChI=1S/C17H25N3O/c1-11-6-4-7-12(10-11)19-16(18)20-14-13-8-5-9-21-15(13)17(14,2)3/h4,6-7,10,13-15H,5,8-9H2,1-3H3,(H3,18,19,20). The number of aryl methyl sites for hydroxylation is 1. The molecule has 1 aromatic carbocycles. The zero-order valence-corrected chi connectivity index (χ0v) is 13.1. The molecular formula is C17H25N3O. The van der Waals surface area contributed by atoms with E-state index >= 15 is 0 Å². The average molecular weight is 287 g/mol. The van der Waals surface area contributed by atoms with Gasteiger partial charge < -0.3 is 15.8 Å². The smallest absolute Gasteiger partial charge is 0.193 e. The first-order valence-corrected chi connectivity index (χ1v) is 7.77. The highest BCUT2D eigenvalue weighted by Crippen LogP contribution is 2.53. The van der Waals surface area contributed by atoms with Gasteiger partial charge in [-0.05, 0) is 37.5 Å². The van der Waals surface area contributed by atoms with Crippen LogP contribution in [0.4, 0.5) is 5.69 Å². The van der Waals surface area contributed by atoms with Crippen molar-refractivity contribution in [1.82, 2.24) is 0 Å². The molecule has 0 radical (unpaired) electrons. The normalized spacial score (nSPS) is 31.2. The minimum Gasteiger partial charge on any atom is -0.377 e. The van der Waals surface area contributed by atoms with E-state index in [2.05, 4.69) is 38.2 Å². The van der Waals surface area contributed by atoms with Crippen LogP contribution in [0.2, 0.25) is 0 Å². The number of fused-ring (bicyclic) bond motifs is 1. The predicted molar refractivity (Wildman–Crippen MR) is 86.5 cm³/mol. The number of guanidine groups is 1. The van der Waals surface area contributed by atoms with Gasteiger partial charge in [-0.2, -0.15) is 0 Å². The lowest BCUT2D eigenvalue weighted by Crippen LogP contribution is -2.64. The van der Waals surface area contributed by atoms with E-state index in [9.17, 15) is 0 Å². The Morgan fingerprint density at radius 3 is 3.00 bits per heavy atom. The first-order valence-electron chi connectivity index (χ1n) is 7.77. The van der Waals surface area contributed by atoms with Gasteiger partial charge in [-0.25, -0.2) is 4.99 Å². The SMILES string of the molecule is Cc1cccc(NC(N)=NC2C3CCCOC3C2(C)C)c1. The maximum Gasteiger partial charge on any atom is 0.193 e. The van der Waals surface area contributed by atoms with Crippen molar-refractivity contribution in [2.75, 3.05) is 11.9 Å². The van der Waals surface area contributed by atoms with Gasteiger partial charge >= 0.3 is 0 Å². The van der Waals surface area contributed by atoms with E-state index in [0.717, 1.165) is 18.7 Å². The molecule has 0 aromatic heterocycles. The van der Waals surface area contributed by atoms with E-state index in [-0.39, 0.29) is 11.5 Å². The topological polar surface area (TPSA) is 59.6 Å². The van der Waals surface area contributed by atoms with Crippen molar-refractivity contribution < 1.29 is 4.74 Å². The van der Waals surface area contributed by atoms with Crippen molar-refractivity contribution in [2.24, 2.45) is 22.1 Å². The van der Waals surface area contributed by atoms with Crippen LogP contribution in [-0.4, -0.2) is 24.7 Å². The molecule has 0 amide bonds. The highest BCUT2D eigenvalue weighted by Gasteiger charge is 2.58. The Hall–Kier alpha value is -1.55. The van der Waals surface area contributed by atoms with Gasteiger partial charge in [0.25, 0.3) is 0 Å². The number of aliphatic imine (C=N–C) groups is 1. The molecule has 1 saturated heterocycles. The molecule has 0 bridgehead atoms. The van der Waals surface area contributed by atoms with Gasteiger partial charge in [-0.1, -0.05) is 26.0 Å². The van der Waals surface area contributed by atoms with E-state index in [4.69, 9.17) is 15.5 Å². The third-order valence-electron chi connectivity index (χ3n) is 4.84. The molecule has 3 atom stereocenters. The van der Waals surface area contributed by atoms with Crippen LogP contribution in [0.25, 0.3) is 0 Å². The molecule has 0 spiro atoms. The summed E-state index contributed by atoms with van der Waals surface area (Å²) in [5, 5.41) is 3.20. The van der Waals surface area contributed by atoms with Crippen LogP contribution in [0, 0.1) is 18.3 Å². The minimum absolute atomic E-state index is 0.0734. The number of hydrogen-bond acceptors (Lipinski definition) is 2. The second-order valence-corrected chi connectivity index (χ2v) is 6.87. The van der Waals surface area contributed by atoms with Crippen molar-refractivity contribution in [3.05, 3.63) is 29.8 Å². The monoisotopic (exact) mass is 287 g/mol. The van der Waals surface area contributed by atoms with Crippen LogP contribution in [-0.2, 0) is 4.74 Å². The molecule has 4 nitrogen and oxygen atoms in total. The fourth-order valence-corrected chi connectivity index (χ4v) is 3.81. The summed E-state index contributed by atoms with van der Waals surface area (Å²) in [4.78, 5) is 4.75. The maximum absolute atomic E-state index is 6.11. The molecule has 1 aliphatic heterocycles. The lowest BCUT2D eigenvalue weighted by atomic mass is 9.55. The van der Waals surface area contributed by atoms with Gasteiger partial charge in [0.15, 0.2) is 5.96 Å². The minimum atomic E-state index is 0.0734. The van der Waals surface area contributed by atoms with Gasteiger partial charge in [0.2, 0.25) is 0 Å². The van der Waals surface area contributed by atoms with Crippen molar-refractivity contribution >= 4 is 11.6 Å². The Morgan fingerprint density at radius 1 is 1.43 bits per heavy atom. The first kappa shape index (κ1) is 14.4. The number of anilines is 1. The van der Waals surface area contributed by atoms with E-state index in [1.807, 2.05) is 12.1 Å². The lowest BCUT2D eigenvalue weighted by Gasteiger charge is -2.58. The van der Waals surface area contributed by atoms with Crippen molar-refractivity contribution in [3.63, 3.8) is 0 Å². The second-order valence-electron chi connectivity index (χ2n) is 6.87. The maximum atomic E-state index is 6.11. The predicted octanol–water partition coefficient (Wildman–Crippen LogP) is 2.93. The van der Waals surface area contributed by atoms with E-state index in [0.29, 0.717) is 18.0 Å². The van der Waals surface area contributed by atoms with Gasteiger partial charge in [-0.15, -0.1) is 0 Å². The molecule has 21 heavy (non-hydrogen) atoms. The van der Waals surface area contributed by atoms with Gasteiger partial charge in [-0.3, -0.25) is 0 Å². The third kappa shape index (κ3) is 2.64. The molecular weight excluding hydrogens is 262 g/mol. The Balaban J connectivity index is 1.72. The summed E-state index contributed by atoms with van der Waals surface area (Å²) in [6, 6.07) is 8.41. The summed E-state index contributed by atoms with van der Waals surface area (Å²) in [6.07, 6.45) is 2.67. The number of nitrogens with zero attached hydrogens (tertiary/aromatic N) is 1. The molecule has 4 heteroatoms. The fraction of sp³-hybridized carbons (Fsp3) is 0.588. The van der Waals surface area contributed by atoms with E-state index < -0.39 is 0 Å². The van der Waals surface area contributed by atoms with E-state index in [1.165, 1.54) is 12.0 Å². The summed E-state index contributed by atoms with van der Waals surface area (Å²) in [6.45, 7) is 7.41. The third-order valence-corrected chi connectivity index (χ3v) is 4.84. The Kier molecular flexibility index (Phi) is 3.66. The Labute approximate surface area is 126 Å². The van der Waals surface area contributed by atoms with Crippen LogP contribution in [0.15, 0.2) is 29.3 Å². The Morgan fingerprint density at radius 2 is 2.24 bits per heavy atom. The van der Waals surface area contributed by atoms with Crippen LogP contribution in [0.3, 0.4) is 0 Å². The number of ether oxygens (including phenoxy) is 1. The van der Waals surface area contributed by atoms with Crippen molar-refractivity contribution in [3.8, 4) is 0 Å². The zero-order chi connectivity index (χ0) is 15.0. The van der Waals surface area contributed by atoms with E-state index in [1.54, 1.807) is 0 Å². The van der Waals surface area contributed by atoms with Crippen LogP contribution in [0.1, 0.15) is 32.3 Å². The highest BCUT2D eigenvalue weighted by atomic mass is 16.5. The van der Waals surface area contributed by atoms with Crippen LogP contribution in [0.5, 0.6) is 0 Å². The lowest BCUT2D eigenvalue weighted by molar-refractivity contribution is -0.182. The molecule has 3 N–H and O–H groups in total. The van der Waals surface area contributed by atoms with Gasteiger partial charge in [0.05, 0.1) is 12.1 Å². The molecule has 1 saturated carbocycles. The van der Waals surface area contributed by atoms with Crippen molar-refractivity contribution in [2.45, 2.75) is 45.8 Å². The number of nitrogens with two attached hydrogens (primary N) is 1. The van der Waals surface area contributed by atoms with Crippen molar-refractivity contribution in [1.29, 1.82) is 0 Å². The number of rotatable bonds is 2. The van der Waals surface area contributed by atoms with Crippen LogP contribution < -0.4 is 11.1 Å². The molecule has 3 rings (SSSR count). The number of benzene rings is 1. The molecule has 3 unspecified atom stereocenters. The average Bonchev–Trinajstić information content (AvgIpc) is 2.45. The molecule has 2 aliphatic rings. The fourth-order valence-electron chi connectivity index (χ4n) is 3.81. The summed E-state index contributed by atoms with van der Waals surface area (Å²) in [5.74, 6) is 1.02. The number of hydrogen-bond donors (Lipinski definition) is 2. The van der Waals surface area contributed by atoms with Gasteiger partial charge in [0.1, 0.15) is 0 Å². The largest absolute Gasteiger partial charge is 0.377 e. The quantitative estimate of drug-likeness (QED) is 0.649.